The van der Waals surface area contributed by atoms with Gasteiger partial charge in [-0.25, -0.2) is 9.59 Å². The molecule has 1 saturated carbocycles. The maximum absolute atomic E-state index is 11.8. The molecule has 1 aliphatic carbocycles. The highest BCUT2D eigenvalue weighted by molar-refractivity contribution is 5.96. The van der Waals surface area contributed by atoms with Gasteiger partial charge < -0.3 is 19.5 Å². The van der Waals surface area contributed by atoms with Gasteiger partial charge in [0, 0.05) is 12.1 Å². The number of urea groups is 1. The standard InChI is InChI=1S/C20H24N2O6/c23-18(22-20(25)21-15-4-2-1-3-5-15)13-28-19(24)9-7-14-6-8-16-17(12-14)27-11-10-26-16/h6-9,12,15H,1-5,10-11,13H2,(H2,21,22,23,25)/b9-7-. The van der Waals surface area contributed by atoms with Crippen LogP contribution in [0.5, 0.6) is 11.5 Å². The van der Waals surface area contributed by atoms with E-state index < -0.39 is 24.5 Å². The molecule has 8 nitrogen and oxygen atoms in total. The van der Waals surface area contributed by atoms with Crippen molar-refractivity contribution < 1.29 is 28.6 Å². The molecule has 0 atom stereocenters. The molecule has 1 aliphatic heterocycles. The lowest BCUT2D eigenvalue weighted by Gasteiger charge is -2.22. The minimum atomic E-state index is -0.683. The van der Waals surface area contributed by atoms with E-state index in [1.54, 1.807) is 24.3 Å². The first kappa shape index (κ1) is 19.7. The van der Waals surface area contributed by atoms with Crippen LogP contribution in [0.4, 0.5) is 4.79 Å². The number of esters is 1. The van der Waals surface area contributed by atoms with Crippen molar-refractivity contribution in [3.63, 3.8) is 0 Å². The summed E-state index contributed by atoms with van der Waals surface area (Å²) in [5.74, 6) is -0.0774. The highest BCUT2D eigenvalue weighted by Crippen LogP contribution is 2.31. The van der Waals surface area contributed by atoms with Crippen LogP contribution in [0.25, 0.3) is 6.08 Å². The van der Waals surface area contributed by atoms with E-state index in [1.165, 1.54) is 12.5 Å². The minimum Gasteiger partial charge on any atom is -0.486 e. The van der Waals surface area contributed by atoms with Crippen LogP contribution in [0.15, 0.2) is 24.3 Å². The molecule has 1 fully saturated rings. The van der Waals surface area contributed by atoms with E-state index in [2.05, 4.69) is 10.6 Å². The molecule has 3 rings (SSSR count). The van der Waals surface area contributed by atoms with Gasteiger partial charge in [0.25, 0.3) is 5.91 Å². The quantitative estimate of drug-likeness (QED) is 0.592. The molecule has 0 spiro atoms. The van der Waals surface area contributed by atoms with Crippen molar-refractivity contribution in [2.75, 3.05) is 19.8 Å². The summed E-state index contributed by atoms with van der Waals surface area (Å²) in [6.45, 7) is 0.462. The third-order valence-corrected chi connectivity index (χ3v) is 4.52. The zero-order valence-electron chi connectivity index (χ0n) is 15.6. The molecule has 0 bridgehead atoms. The maximum Gasteiger partial charge on any atom is 0.331 e. The van der Waals surface area contributed by atoms with Gasteiger partial charge in [0.1, 0.15) is 13.2 Å². The molecule has 1 aromatic rings. The average Bonchev–Trinajstić information content (AvgIpc) is 2.71. The number of rotatable bonds is 5. The Balaban J connectivity index is 1.39. The van der Waals surface area contributed by atoms with Crippen LogP contribution in [0, 0.1) is 0 Å². The molecule has 3 amide bonds. The summed E-state index contributed by atoms with van der Waals surface area (Å²) in [5, 5.41) is 4.93. The van der Waals surface area contributed by atoms with Crippen LogP contribution in [0.1, 0.15) is 37.7 Å². The van der Waals surface area contributed by atoms with E-state index in [0.29, 0.717) is 24.7 Å². The molecule has 1 aromatic carbocycles. The van der Waals surface area contributed by atoms with Crippen molar-refractivity contribution in [2.45, 2.75) is 38.1 Å². The highest BCUT2D eigenvalue weighted by atomic mass is 16.6. The van der Waals surface area contributed by atoms with Crippen LogP contribution in [0.2, 0.25) is 0 Å². The summed E-state index contributed by atoms with van der Waals surface area (Å²) in [6, 6.07) is 4.83. The van der Waals surface area contributed by atoms with Gasteiger partial charge in [-0.15, -0.1) is 0 Å². The molecular formula is C20H24N2O6. The molecule has 0 unspecified atom stereocenters. The van der Waals surface area contributed by atoms with Crippen molar-refractivity contribution in [3.05, 3.63) is 29.8 Å². The van der Waals surface area contributed by atoms with E-state index in [-0.39, 0.29) is 6.04 Å². The number of fused-ring (bicyclic) bond motifs is 1. The molecule has 0 saturated heterocycles. The van der Waals surface area contributed by atoms with Crippen LogP contribution < -0.4 is 20.1 Å². The van der Waals surface area contributed by atoms with Crippen molar-refractivity contribution in [2.24, 2.45) is 0 Å². The van der Waals surface area contributed by atoms with Crippen LogP contribution >= 0.6 is 0 Å². The zero-order valence-corrected chi connectivity index (χ0v) is 15.6. The Hall–Kier alpha value is -3.03. The van der Waals surface area contributed by atoms with Gasteiger partial charge in [0.15, 0.2) is 18.1 Å². The van der Waals surface area contributed by atoms with E-state index in [9.17, 15) is 14.4 Å². The number of carbonyl (C=O) groups is 3. The van der Waals surface area contributed by atoms with Gasteiger partial charge in [-0.3, -0.25) is 10.1 Å². The predicted molar refractivity (Wildman–Crippen MR) is 101 cm³/mol. The molecule has 8 heteroatoms. The second kappa shape index (κ2) is 9.77. The van der Waals surface area contributed by atoms with Gasteiger partial charge in [-0.1, -0.05) is 25.3 Å². The Morgan fingerprint density at radius 2 is 1.82 bits per heavy atom. The fourth-order valence-corrected chi connectivity index (χ4v) is 3.14. The van der Waals surface area contributed by atoms with Crippen LogP contribution in [-0.4, -0.2) is 43.8 Å². The SMILES string of the molecule is O=C(COC(=O)/C=C\c1ccc2c(c1)OCCO2)NC(=O)NC1CCCCC1. The Morgan fingerprint density at radius 3 is 2.61 bits per heavy atom. The first-order valence-corrected chi connectivity index (χ1v) is 9.45. The summed E-state index contributed by atoms with van der Waals surface area (Å²) in [4.78, 5) is 35.3. The molecule has 28 heavy (non-hydrogen) atoms. The third-order valence-electron chi connectivity index (χ3n) is 4.52. The van der Waals surface area contributed by atoms with Crippen LogP contribution in [0.3, 0.4) is 0 Å². The molecule has 1 heterocycles. The highest BCUT2D eigenvalue weighted by Gasteiger charge is 2.17. The Kier molecular flexibility index (Phi) is 6.89. The number of imide groups is 1. The van der Waals surface area contributed by atoms with E-state index >= 15 is 0 Å². The Bertz CT molecular complexity index is 755. The minimum absolute atomic E-state index is 0.0954. The van der Waals surface area contributed by atoms with E-state index in [1.807, 2.05) is 0 Å². The van der Waals surface area contributed by atoms with Crippen molar-refractivity contribution >= 4 is 24.0 Å². The second-order valence-corrected chi connectivity index (χ2v) is 6.70. The number of benzene rings is 1. The number of nitrogens with one attached hydrogen (secondary N) is 2. The first-order valence-electron chi connectivity index (χ1n) is 9.45. The normalized spacial score (nSPS) is 16.4. The lowest BCUT2D eigenvalue weighted by atomic mass is 9.96. The second-order valence-electron chi connectivity index (χ2n) is 6.70. The average molecular weight is 388 g/mol. The summed E-state index contributed by atoms with van der Waals surface area (Å²) in [6.07, 6.45) is 7.92. The van der Waals surface area contributed by atoms with Gasteiger partial charge >= 0.3 is 12.0 Å². The van der Waals surface area contributed by atoms with Crippen molar-refractivity contribution in [1.29, 1.82) is 0 Å². The Labute approximate surface area is 163 Å². The summed E-state index contributed by atoms with van der Waals surface area (Å²) >= 11 is 0. The molecular weight excluding hydrogens is 364 g/mol. The summed E-state index contributed by atoms with van der Waals surface area (Å²) in [5.41, 5.74) is 0.734. The fraction of sp³-hybridized carbons (Fsp3) is 0.450. The number of hydrogen-bond acceptors (Lipinski definition) is 6. The van der Waals surface area contributed by atoms with Crippen LogP contribution in [-0.2, 0) is 14.3 Å². The lowest BCUT2D eigenvalue weighted by Crippen LogP contribution is -2.46. The van der Waals surface area contributed by atoms with Gasteiger partial charge in [-0.2, -0.15) is 0 Å². The fourth-order valence-electron chi connectivity index (χ4n) is 3.14. The van der Waals surface area contributed by atoms with E-state index in [0.717, 1.165) is 31.2 Å². The number of amides is 3. The first-order chi connectivity index (χ1) is 13.6. The lowest BCUT2D eigenvalue weighted by molar-refractivity contribution is -0.143. The molecule has 2 aliphatic rings. The van der Waals surface area contributed by atoms with E-state index in [4.69, 9.17) is 14.2 Å². The van der Waals surface area contributed by atoms with Gasteiger partial charge in [-0.05, 0) is 36.6 Å². The van der Waals surface area contributed by atoms with Gasteiger partial charge in [0.05, 0.1) is 0 Å². The Morgan fingerprint density at radius 1 is 1.07 bits per heavy atom. The van der Waals surface area contributed by atoms with Crippen molar-refractivity contribution in [3.8, 4) is 11.5 Å². The monoisotopic (exact) mass is 388 g/mol. The molecule has 0 aromatic heterocycles. The topological polar surface area (TPSA) is 103 Å². The smallest absolute Gasteiger partial charge is 0.331 e. The largest absolute Gasteiger partial charge is 0.486 e. The number of carbonyl (C=O) groups excluding carboxylic acids is 3. The van der Waals surface area contributed by atoms with Gasteiger partial charge in [0.2, 0.25) is 0 Å². The molecule has 150 valence electrons. The summed E-state index contributed by atoms with van der Waals surface area (Å²) in [7, 11) is 0. The number of hydrogen-bond donors (Lipinski definition) is 2. The predicted octanol–water partition coefficient (Wildman–Crippen LogP) is 2.17. The van der Waals surface area contributed by atoms with Crippen molar-refractivity contribution in [1.82, 2.24) is 10.6 Å². The molecule has 0 radical (unpaired) electrons. The summed E-state index contributed by atoms with van der Waals surface area (Å²) < 4.78 is 15.8. The third kappa shape index (κ3) is 6.00. The zero-order chi connectivity index (χ0) is 19.8. The number of ether oxygens (including phenoxy) is 3. The maximum atomic E-state index is 11.8. The molecule has 2 N–H and O–H groups in total.